The zero-order chi connectivity index (χ0) is 33.0. The van der Waals surface area contributed by atoms with Crippen molar-refractivity contribution in [2.75, 3.05) is 31.1 Å². The van der Waals surface area contributed by atoms with Gasteiger partial charge in [-0.15, -0.1) is 0 Å². The van der Waals surface area contributed by atoms with Gasteiger partial charge in [-0.1, -0.05) is 0 Å². The number of carbonyl (C=O) groups excluding carboxylic acids is 2. The fraction of sp³-hybridized carbons (Fsp3) is 0.448. The maximum Gasteiger partial charge on any atom is 0.410 e. The van der Waals surface area contributed by atoms with E-state index in [0.717, 1.165) is 0 Å². The molecule has 1 atom stereocenters. The fourth-order valence-corrected chi connectivity index (χ4v) is 5.08. The van der Waals surface area contributed by atoms with Crippen LogP contribution in [0.4, 0.5) is 41.3 Å². The molecule has 2 fully saturated rings. The first kappa shape index (κ1) is 32.0. The highest BCUT2D eigenvalue weighted by Crippen LogP contribution is 2.40. The average Bonchev–Trinajstić information content (AvgIpc) is 3.76. The van der Waals surface area contributed by atoms with Crippen LogP contribution in [0.2, 0.25) is 0 Å². The molecule has 2 aliphatic rings. The minimum Gasteiger partial charge on any atom is -0.444 e. The summed E-state index contributed by atoms with van der Waals surface area (Å²) in [4.78, 5) is 45.8. The van der Waals surface area contributed by atoms with Gasteiger partial charge in [0.25, 0.3) is 5.91 Å². The molecule has 2 amide bonds. The molecule has 5 rings (SSSR count). The molecule has 0 spiro atoms. The molecule has 9 nitrogen and oxygen atoms in total. The number of pyridine rings is 2. The molecule has 0 unspecified atom stereocenters. The number of nitrogens with one attached hydrogen (secondary N) is 1. The molecule has 1 N–H and O–H groups in total. The van der Waals surface area contributed by atoms with Crippen molar-refractivity contribution in [3.05, 3.63) is 63.5 Å². The summed E-state index contributed by atoms with van der Waals surface area (Å²) in [6.45, 7) is 5.33. The molecule has 16 heteroatoms. The lowest BCUT2D eigenvalue weighted by Crippen LogP contribution is -2.50. The second kappa shape index (κ2) is 11.5. The van der Waals surface area contributed by atoms with E-state index in [2.05, 4.69) is 4.98 Å². The Balaban J connectivity index is 1.59. The minimum absolute atomic E-state index is 0.0403. The number of piperazine rings is 1. The third kappa shape index (κ3) is 6.68. The normalized spacial score (nSPS) is 16.6. The number of benzene rings is 1. The first-order valence-electron chi connectivity index (χ1n) is 14.0. The summed E-state index contributed by atoms with van der Waals surface area (Å²) in [6.07, 6.45) is -4.48. The molecule has 45 heavy (non-hydrogen) atoms. The molecule has 1 saturated carbocycles. The summed E-state index contributed by atoms with van der Waals surface area (Å²) in [7, 11) is 0. The molecule has 2 aromatic heterocycles. The summed E-state index contributed by atoms with van der Waals surface area (Å²) in [6, 6.07) is -0.997. The number of ether oxygens (including phenoxy) is 1. The summed E-state index contributed by atoms with van der Waals surface area (Å²) in [5.41, 5.74) is -4.53. The van der Waals surface area contributed by atoms with Gasteiger partial charge in [-0.05, 0) is 45.6 Å². The number of fused-ring (bicyclic) bond motifs is 1. The van der Waals surface area contributed by atoms with E-state index in [1.165, 1.54) is 9.80 Å². The SMILES string of the molecule is CC(C)(C)OC(=O)N1CCN(c2nc3c(cc2F)c(=O)c(C(=O)N[C@@H](C2CC2)C(F)(F)F)cn3-c2c(F)cc(F)cc2F)CC1. The van der Waals surface area contributed by atoms with Crippen LogP contribution >= 0.6 is 0 Å². The Kier molecular flexibility index (Phi) is 8.21. The first-order valence-corrected chi connectivity index (χ1v) is 14.0. The molecule has 1 aliphatic heterocycles. The minimum atomic E-state index is -4.85. The van der Waals surface area contributed by atoms with Crippen molar-refractivity contribution in [2.45, 2.75) is 51.4 Å². The number of carbonyl (C=O) groups is 2. The van der Waals surface area contributed by atoms with E-state index in [-0.39, 0.29) is 44.8 Å². The van der Waals surface area contributed by atoms with Crippen molar-refractivity contribution in [3.63, 3.8) is 0 Å². The molecule has 3 heterocycles. The number of hydrogen-bond donors (Lipinski definition) is 1. The van der Waals surface area contributed by atoms with Crippen LogP contribution in [0, 0.1) is 29.2 Å². The van der Waals surface area contributed by atoms with Gasteiger partial charge < -0.3 is 19.9 Å². The molecule has 1 saturated heterocycles. The lowest BCUT2D eigenvalue weighted by atomic mass is 10.1. The summed E-state index contributed by atoms with van der Waals surface area (Å²) < 4.78 is 106. The molecular formula is C29H28F7N5O4. The number of anilines is 1. The molecule has 1 aromatic carbocycles. The van der Waals surface area contributed by atoms with Crippen molar-refractivity contribution in [2.24, 2.45) is 5.92 Å². The fourth-order valence-electron chi connectivity index (χ4n) is 5.08. The van der Waals surface area contributed by atoms with Crippen molar-refractivity contribution in [1.82, 2.24) is 19.8 Å². The van der Waals surface area contributed by atoms with E-state index >= 15 is 13.2 Å². The predicted octanol–water partition coefficient (Wildman–Crippen LogP) is 5.07. The molecular weight excluding hydrogens is 615 g/mol. The average molecular weight is 644 g/mol. The number of rotatable bonds is 5. The topological polar surface area (TPSA) is 96.8 Å². The smallest absolute Gasteiger partial charge is 0.410 e. The monoisotopic (exact) mass is 643 g/mol. The van der Waals surface area contributed by atoms with Crippen LogP contribution in [-0.4, -0.2) is 70.4 Å². The largest absolute Gasteiger partial charge is 0.444 e. The van der Waals surface area contributed by atoms with Gasteiger partial charge in [0.05, 0.1) is 5.39 Å². The number of alkyl halides is 3. The van der Waals surface area contributed by atoms with Crippen LogP contribution in [0.25, 0.3) is 16.7 Å². The molecule has 242 valence electrons. The van der Waals surface area contributed by atoms with Gasteiger partial charge in [0.2, 0.25) is 5.43 Å². The maximum atomic E-state index is 15.5. The van der Waals surface area contributed by atoms with E-state index in [0.29, 0.717) is 29.0 Å². The molecule has 1 aliphatic carbocycles. The standard InChI is InChI=1S/C29H28F7N5O4/c1-28(2,3)45-27(44)40-8-6-39(7-9-40)25-20(33)12-16-22(42)17(26(43)37-23(14-4-5-14)29(34,35)36)13-41(24(16)38-25)21-18(31)10-15(30)11-19(21)32/h10-14,23H,4-9H2,1-3H3,(H,37,43)/t23-/m0/s1. The highest BCUT2D eigenvalue weighted by molar-refractivity contribution is 5.97. The third-order valence-corrected chi connectivity index (χ3v) is 7.34. The lowest BCUT2D eigenvalue weighted by Gasteiger charge is -2.36. The summed E-state index contributed by atoms with van der Waals surface area (Å²) >= 11 is 0. The lowest BCUT2D eigenvalue weighted by molar-refractivity contribution is -0.158. The van der Waals surface area contributed by atoms with Crippen molar-refractivity contribution in [3.8, 4) is 5.69 Å². The summed E-state index contributed by atoms with van der Waals surface area (Å²) in [5, 5.41) is 1.10. The molecule has 3 aromatic rings. The van der Waals surface area contributed by atoms with Crippen LogP contribution in [-0.2, 0) is 4.74 Å². The second-order valence-electron chi connectivity index (χ2n) is 11.9. The zero-order valence-corrected chi connectivity index (χ0v) is 24.3. The van der Waals surface area contributed by atoms with Crippen molar-refractivity contribution >= 4 is 28.9 Å². The van der Waals surface area contributed by atoms with Gasteiger partial charge in [0, 0.05) is 44.5 Å². The highest BCUT2D eigenvalue weighted by Gasteiger charge is 2.50. The van der Waals surface area contributed by atoms with E-state index in [9.17, 15) is 31.9 Å². The quantitative estimate of drug-likeness (QED) is 0.391. The predicted molar refractivity (Wildman–Crippen MR) is 147 cm³/mol. The van der Waals surface area contributed by atoms with Gasteiger partial charge >= 0.3 is 12.3 Å². The second-order valence-corrected chi connectivity index (χ2v) is 11.9. The molecule has 0 bridgehead atoms. The van der Waals surface area contributed by atoms with Crippen LogP contribution in [0.3, 0.4) is 0 Å². The zero-order valence-electron chi connectivity index (χ0n) is 24.3. The number of halogens is 7. The Morgan fingerprint density at radius 3 is 2.09 bits per heavy atom. The van der Waals surface area contributed by atoms with E-state index in [1.54, 1.807) is 26.1 Å². The van der Waals surface area contributed by atoms with Crippen LogP contribution in [0.5, 0.6) is 0 Å². The van der Waals surface area contributed by atoms with Crippen molar-refractivity contribution in [1.29, 1.82) is 0 Å². The van der Waals surface area contributed by atoms with Gasteiger partial charge in [-0.25, -0.2) is 27.3 Å². The van der Waals surface area contributed by atoms with Crippen LogP contribution in [0.1, 0.15) is 44.0 Å². The number of aromatic nitrogens is 2. The van der Waals surface area contributed by atoms with Gasteiger partial charge in [0.1, 0.15) is 28.7 Å². The van der Waals surface area contributed by atoms with Crippen LogP contribution < -0.4 is 15.6 Å². The molecule has 0 radical (unpaired) electrons. The van der Waals surface area contributed by atoms with Gasteiger partial charge in [0.15, 0.2) is 28.9 Å². The van der Waals surface area contributed by atoms with Crippen LogP contribution in [0.15, 0.2) is 29.2 Å². The van der Waals surface area contributed by atoms with E-state index in [1.807, 2.05) is 0 Å². The Morgan fingerprint density at radius 1 is 0.956 bits per heavy atom. The number of nitrogens with zero attached hydrogens (tertiary/aromatic N) is 4. The maximum absolute atomic E-state index is 15.5. The van der Waals surface area contributed by atoms with Gasteiger partial charge in [-0.3, -0.25) is 14.2 Å². The Morgan fingerprint density at radius 2 is 1.56 bits per heavy atom. The van der Waals surface area contributed by atoms with Gasteiger partial charge in [-0.2, -0.15) is 13.2 Å². The third-order valence-electron chi connectivity index (χ3n) is 7.34. The van der Waals surface area contributed by atoms with E-state index in [4.69, 9.17) is 4.74 Å². The Bertz CT molecular complexity index is 1700. The Labute approximate surface area is 251 Å². The number of hydrogen-bond acceptors (Lipinski definition) is 6. The first-order chi connectivity index (χ1) is 20.9. The summed E-state index contributed by atoms with van der Waals surface area (Å²) in [5.74, 6) is -8.15. The highest BCUT2D eigenvalue weighted by atomic mass is 19.4. The van der Waals surface area contributed by atoms with E-state index < -0.39 is 86.7 Å². The Hall–Kier alpha value is -4.37. The number of amides is 2. The van der Waals surface area contributed by atoms with Crippen molar-refractivity contribution < 1.29 is 45.1 Å².